The molecular formula is C20H10Fe4O20. The second-order valence-corrected chi connectivity index (χ2v) is 4.86. The van der Waals surface area contributed by atoms with Crippen LogP contribution in [0.5, 0.6) is 0 Å². The monoisotopic (exact) mass is 794 g/mol. The van der Waals surface area contributed by atoms with Crippen molar-refractivity contribution in [2.75, 3.05) is 0 Å². The SMILES string of the molecule is O=C([O-])/C=C/C(=O)[O-].O=C([O-])/C=C/C(=O)[O-].O=C([O-])/C=C/C(=O)[O-].O=C([O-])/C=C/C(=O)[O-].O=C([O-])/C=C/C(=O)[O-].[Fe+2].[Fe+2].[Fe+3].[Fe+3]. The third-order valence-corrected chi connectivity index (χ3v) is 1.78. The van der Waals surface area contributed by atoms with Crippen LogP contribution < -0.4 is 51.1 Å². The van der Waals surface area contributed by atoms with Crippen LogP contribution in [-0.2, 0) is 116 Å². The van der Waals surface area contributed by atoms with Crippen LogP contribution in [0.15, 0.2) is 60.8 Å². The van der Waals surface area contributed by atoms with E-state index in [1.165, 1.54) is 0 Å². The molecule has 44 heavy (non-hydrogen) atoms. The van der Waals surface area contributed by atoms with Gasteiger partial charge in [0.15, 0.2) is 0 Å². The van der Waals surface area contributed by atoms with Gasteiger partial charge in [0.05, 0.1) is 59.7 Å². The summed E-state index contributed by atoms with van der Waals surface area (Å²) in [5.74, 6) is -15.5. The van der Waals surface area contributed by atoms with Gasteiger partial charge in [-0.1, -0.05) is 0 Å². The van der Waals surface area contributed by atoms with E-state index in [2.05, 4.69) is 0 Å². The van der Waals surface area contributed by atoms with Crippen molar-refractivity contribution in [3.8, 4) is 0 Å². The standard InChI is InChI=1S/5C4H4O4.4Fe/c5*5-3(6)1-2-4(7)8;;;;/h5*1-2H,(H,5,6)(H,7,8);;;;/q;;;;;2*+2;2*+3/p-10/b5*2-1+;;;;. The molecule has 0 aliphatic rings. The molecule has 0 saturated carbocycles. The Morgan fingerprint density at radius 3 is 0.295 bits per heavy atom. The first-order valence-corrected chi connectivity index (χ1v) is 8.64. The predicted octanol–water partition coefficient (Wildman–Crippen LogP) is -14.8. The quantitative estimate of drug-likeness (QED) is 0.146. The van der Waals surface area contributed by atoms with E-state index in [0.29, 0.717) is 60.8 Å². The summed E-state index contributed by atoms with van der Waals surface area (Å²) in [4.78, 5) is 94.1. The summed E-state index contributed by atoms with van der Waals surface area (Å²) >= 11 is 0. The number of rotatable bonds is 10. The van der Waals surface area contributed by atoms with Gasteiger partial charge in [0.2, 0.25) is 0 Å². The van der Waals surface area contributed by atoms with Crippen LogP contribution in [-0.4, -0.2) is 59.7 Å². The van der Waals surface area contributed by atoms with Crippen molar-refractivity contribution in [2.45, 2.75) is 0 Å². The molecule has 0 aromatic carbocycles. The van der Waals surface area contributed by atoms with Crippen molar-refractivity contribution in [1.82, 2.24) is 0 Å². The number of carboxylic acid groups (broad SMARTS) is 10. The molecule has 0 amide bonds. The van der Waals surface area contributed by atoms with Gasteiger partial charge in [0, 0.05) is 0 Å². The molecule has 0 N–H and O–H groups in total. The maximum Gasteiger partial charge on any atom is 3.00 e. The summed E-state index contributed by atoms with van der Waals surface area (Å²) < 4.78 is 0. The van der Waals surface area contributed by atoms with E-state index in [1.54, 1.807) is 0 Å². The van der Waals surface area contributed by atoms with Gasteiger partial charge in [0.25, 0.3) is 0 Å². The maximum absolute atomic E-state index is 9.41. The third kappa shape index (κ3) is 119. The molecular weight excluding hydrogens is 784 g/mol. The average Bonchev–Trinajstić information content (AvgIpc) is 2.79. The van der Waals surface area contributed by atoms with Crippen LogP contribution in [0.25, 0.3) is 0 Å². The molecule has 0 atom stereocenters. The second-order valence-electron chi connectivity index (χ2n) is 4.86. The Balaban J connectivity index is -0.0000000486. The number of carboxylic acids is 10. The molecule has 242 valence electrons. The number of carbonyl (C=O) groups excluding carboxylic acids is 10. The Morgan fingerprint density at radius 1 is 0.227 bits per heavy atom. The average molecular weight is 794 g/mol. The van der Waals surface area contributed by atoms with Gasteiger partial charge < -0.3 is 99.0 Å². The first-order valence-electron chi connectivity index (χ1n) is 8.64. The van der Waals surface area contributed by atoms with E-state index in [-0.39, 0.29) is 68.3 Å². The van der Waals surface area contributed by atoms with Crippen LogP contribution >= 0.6 is 0 Å². The van der Waals surface area contributed by atoms with Crippen LogP contribution in [0, 0.1) is 0 Å². The Kier molecular flexibility index (Phi) is 61.4. The Morgan fingerprint density at radius 2 is 0.273 bits per heavy atom. The molecule has 0 heterocycles. The molecule has 0 aromatic heterocycles. The van der Waals surface area contributed by atoms with E-state index in [0.717, 1.165) is 0 Å². The van der Waals surface area contributed by atoms with Gasteiger partial charge in [-0.2, -0.15) is 0 Å². The van der Waals surface area contributed by atoms with Gasteiger partial charge in [-0.25, -0.2) is 0 Å². The first-order chi connectivity index (χ1) is 18.1. The number of aliphatic carboxylic acids is 10. The van der Waals surface area contributed by atoms with E-state index in [1.807, 2.05) is 0 Å². The molecule has 20 nitrogen and oxygen atoms in total. The van der Waals surface area contributed by atoms with Gasteiger partial charge >= 0.3 is 68.3 Å². The summed E-state index contributed by atoms with van der Waals surface area (Å²) in [6.45, 7) is 0. The summed E-state index contributed by atoms with van der Waals surface area (Å²) in [5.41, 5.74) is 0. The Labute approximate surface area is 286 Å². The van der Waals surface area contributed by atoms with Gasteiger partial charge in [-0.15, -0.1) is 0 Å². The van der Waals surface area contributed by atoms with E-state index in [9.17, 15) is 99.0 Å². The zero-order valence-corrected chi connectivity index (χ0v) is 24.8. The Bertz CT molecular complexity index is 812. The molecule has 0 saturated heterocycles. The number of hydrogen-bond donors (Lipinski definition) is 0. The third-order valence-electron chi connectivity index (χ3n) is 1.78. The molecule has 0 aliphatic carbocycles. The summed E-state index contributed by atoms with van der Waals surface area (Å²) in [6, 6.07) is 0. The minimum absolute atomic E-state index is 0. The minimum atomic E-state index is -1.55. The smallest absolute Gasteiger partial charge is 0.545 e. The molecule has 24 heteroatoms. The van der Waals surface area contributed by atoms with Crippen molar-refractivity contribution >= 4 is 59.7 Å². The molecule has 0 aliphatic heterocycles. The van der Waals surface area contributed by atoms with Crippen LogP contribution in [0.4, 0.5) is 0 Å². The van der Waals surface area contributed by atoms with E-state index < -0.39 is 59.7 Å². The topological polar surface area (TPSA) is 401 Å². The number of hydrogen-bond acceptors (Lipinski definition) is 20. The summed E-state index contributed by atoms with van der Waals surface area (Å²) in [6.07, 6.45) is 3.84. The largest absolute Gasteiger partial charge is 3.00 e. The molecule has 0 unspecified atom stereocenters. The van der Waals surface area contributed by atoms with Crippen LogP contribution in [0.1, 0.15) is 0 Å². The number of carbonyl (C=O) groups is 10. The zero-order chi connectivity index (χ0) is 32.8. The molecule has 0 spiro atoms. The second kappa shape index (κ2) is 42.9. The molecule has 0 bridgehead atoms. The van der Waals surface area contributed by atoms with Crippen LogP contribution in [0.2, 0.25) is 0 Å². The van der Waals surface area contributed by atoms with Crippen molar-refractivity contribution in [3.63, 3.8) is 0 Å². The van der Waals surface area contributed by atoms with E-state index >= 15 is 0 Å². The predicted molar refractivity (Wildman–Crippen MR) is 95.8 cm³/mol. The van der Waals surface area contributed by atoms with Crippen molar-refractivity contribution in [3.05, 3.63) is 60.8 Å². The van der Waals surface area contributed by atoms with Gasteiger partial charge in [-0.05, 0) is 60.8 Å². The summed E-state index contributed by atoms with van der Waals surface area (Å²) in [7, 11) is 0. The van der Waals surface area contributed by atoms with E-state index in [4.69, 9.17) is 0 Å². The molecule has 2 radical (unpaired) electrons. The van der Waals surface area contributed by atoms with Gasteiger partial charge in [-0.3, -0.25) is 0 Å². The normalized spacial score (nSPS) is 8.64. The van der Waals surface area contributed by atoms with Crippen LogP contribution in [0.3, 0.4) is 0 Å². The first kappa shape index (κ1) is 62.9. The molecule has 0 rings (SSSR count). The molecule has 0 fully saturated rings. The van der Waals surface area contributed by atoms with Crippen molar-refractivity contribution in [1.29, 1.82) is 0 Å². The van der Waals surface area contributed by atoms with Crippen molar-refractivity contribution < 1.29 is 167 Å². The Hall–Kier alpha value is -4.52. The van der Waals surface area contributed by atoms with Crippen molar-refractivity contribution in [2.24, 2.45) is 0 Å². The fraction of sp³-hybridized carbons (Fsp3) is 0. The molecule has 0 aromatic rings. The summed E-state index contributed by atoms with van der Waals surface area (Å²) in [5, 5.41) is 94.1. The zero-order valence-electron chi connectivity index (χ0n) is 20.4. The minimum Gasteiger partial charge on any atom is -0.545 e. The van der Waals surface area contributed by atoms with Gasteiger partial charge in [0.1, 0.15) is 0 Å². The fourth-order valence-electron chi connectivity index (χ4n) is 0.680. The maximum atomic E-state index is 9.41. The fourth-order valence-corrected chi connectivity index (χ4v) is 0.680.